The van der Waals surface area contributed by atoms with Gasteiger partial charge in [0.05, 0.1) is 24.3 Å². The van der Waals surface area contributed by atoms with Crippen molar-refractivity contribution in [3.05, 3.63) is 59.7 Å². The second-order valence-corrected chi connectivity index (χ2v) is 6.41. The highest BCUT2D eigenvalue weighted by molar-refractivity contribution is 6.03. The lowest BCUT2D eigenvalue weighted by atomic mass is 10.1. The van der Waals surface area contributed by atoms with Crippen LogP contribution in [0.5, 0.6) is 5.75 Å². The maximum Gasteiger partial charge on any atom is 0.306 e. The maximum absolute atomic E-state index is 12.2. The van der Waals surface area contributed by atoms with Crippen molar-refractivity contribution in [2.45, 2.75) is 26.2 Å². The number of para-hydroxylation sites is 1. The summed E-state index contributed by atoms with van der Waals surface area (Å²) in [5, 5.41) is 2.46. The Labute approximate surface area is 174 Å². The number of nitrogens with one attached hydrogen (secondary N) is 1. The number of ether oxygens (including phenoxy) is 2. The van der Waals surface area contributed by atoms with Gasteiger partial charge in [0.2, 0.25) is 0 Å². The molecule has 0 aliphatic carbocycles. The quantitative estimate of drug-likeness (QED) is 0.432. The molecule has 158 valence electrons. The van der Waals surface area contributed by atoms with Crippen molar-refractivity contribution in [2.75, 3.05) is 18.5 Å². The third-order valence-corrected chi connectivity index (χ3v) is 4.04. The Bertz CT molecular complexity index is 908. The second-order valence-electron chi connectivity index (χ2n) is 6.41. The first-order chi connectivity index (χ1) is 14.4. The standard InChI is InChI=1S/C22H24N2O6/c1-2-13-29-16-9-7-15(8-10-16)19(25)11-12-21(27)30-14-20(26)24-18-6-4-3-5-17(18)22(23)28/h3-10H,2,11-14H2,1H3,(H2,23,28)(H,24,26). The van der Waals surface area contributed by atoms with Crippen LogP contribution in [0, 0.1) is 0 Å². The van der Waals surface area contributed by atoms with Crippen molar-refractivity contribution in [2.24, 2.45) is 5.73 Å². The highest BCUT2D eigenvalue weighted by Gasteiger charge is 2.14. The molecule has 0 radical (unpaired) electrons. The average Bonchev–Trinajstić information content (AvgIpc) is 2.75. The first-order valence-corrected chi connectivity index (χ1v) is 9.51. The van der Waals surface area contributed by atoms with E-state index in [-0.39, 0.29) is 29.9 Å². The van der Waals surface area contributed by atoms with Gasteiger partial charge in [-0.15, -0.1) is 0 Å². The number of anilines is 1. The summed E-state index contributed by atoms with van der Waals surface area (Å²) >= 11 is 0. The number of primary amides is 1. The fourth-order valence-electron chi connectivity index (χ4n) is 2.53. The molecular weight excluding hydrogens is 388 g/mol. The molecule has 0 bridgehead atoms. The van der Waals surface area contributed by atoms with Crippen molar-refractivity contribution in [1.29, 1.82) is 0 Å². The van der Waals surface area contributed by atoms with Crippen LogP contribution in [0.2, 0.25) is 0 Å². The molecule has 8 nitrogen and oxygen atoms in total. The van der Waals surface area contributed by atoms with E-state index in [2.05, 4.69) is 5.32 Å². The summed E-state index contributed by atoms with van der Waals surface area (Å²) in [7, 11) is 0. The van der Waals surface area contributed by atoms with Gasteiger partial charge in [0, 0.05) is 12.0 Å². The van der Waals surface area contributed by atoms with Gasteiger partial charge in [-0.1, -0.05) is 19.1 Å². The zero-order chi connectivity index (χ0) is 21.9. The van der Waals surface area contributed by atoms with E-state index in [0.717, 1.165) is 6.42 Å². The molecule has 0 spiro atoms. The summed E-state index contributed by atoms with van der Waals surface area (Å²) in [6, 6.07) is 12.9. The Morgan fingerprint density at radius 1 is 0.967 bits per heavy atom. The molecular formula is C22H24N2O6. The van der Waals surface area contributed by atoms with Crippen LogP contribution in [0.25, 0.3) is 0 Å². The van der Waals surface area contributed by atoms with Crippen LogP contribution in [0.15, 0.2) is 48.5 Å². The van der Waals surface area contributed by atoms with Gasteiger partial charge in [-0.05, 0) is 42.8 Å². The third-order valence-electron chi connectivity index (χ3n) is 4.04. The van der Waals surface area contributed by atoms with E-state index in [1.165, 1.54) is 12.1 Å². The SMILES string of the molecule is CCCOc1ccc(C(=O)CCC(=O)OCC(=O)Nc2ccccc2C(N)=O)cc1. The largest absolute Gasteiger partial charge is 0.494 e. The molecule has 0 saturated heterocycles. The van der Waals surface area contributed by atoms with Gasteiger partial charge in [-0.2, -0.15) is 0 Å². The summed E-state index contributed by atoms with van der Waals surface area (Å²) in [6.07, 6.45) is 0.691. The highest BCUT2D eigenvalue weighted by atomic mass is 16.5. The molecule has 0 aliphatic heterocycles. The number of carbonyl (C=O) groups is 4. The van der Waals surface area contributed by atoms with Crippen LogP contribution >= 0.6 is 0 Å². The lowest BCUT2D eigenvalue weighted by Crippen LogP contribution is -2.23. The Morgan fingerprint density at radius 2 is 1.67 bits per heavy atom. The predicted octanol–water partition coefficient (Wildman–Crippen LogP) is 2.72. The van der Waals surface area contributed by atoms with Gasteiger partial charge in [0.25, 0.3) is 11.8 Å². The number of rotatable bonds is 11. The lowest BCUT2D eigenvalue weighted by molar-refractivity contribution is -0.147. The molecule has 0 heterocycles. The van der Waals surface area contributed by atoms with Gasteiger partial charge in [-0.25, -0.2) is 0 Å². The number of nitrogens with two attached hydrogens (primary N) is 1. The molecule has 2 aromatic rings. The number of carbonyl (C=O) groups excluding carboxylic acids is 4. The molecule has 0 saturated carbocycles. The monoisotopic (exact) mass is 412 g/mol. The van der Waals surface area contributed by atoms with Crippen molar-refractivity contribution in [3.8, 4) is 5.75 Å². The van der Waals surface area contributed by atoms with Crippen LogP contribution < -0.4 is 15.8 Å². The number of hydrogen-bond acceptors (Lipinski definition) is 6. The van der Waals surface area contributed by atoms with Crippen LogP contribution in [0.1, 0.15) is 46.9 Å². The molecule has 2 amide bonds. The zero-order valence-corrected chi connectivity index (χ0v) is 16.7. The number of Topliss-reactive ketones (excluding diaryl/α,β-unsaturated/α-hetero) is 1. The molecule has 0 aromatic heterocycles. The molecule has 0 aliphatic rings. The number of ketones is 1. The predicted molar refractivity (Wildman–Crippen MR) is 110 cm³/mol. The van der Waals surface area contributed by atoms with E-state index in [1.54, 1.807) is 36.4 Å². The Kier molecular flexibility index (Phi) is 8.56. The molecule has 2 rings (SSSR count). The lowest BCUT2D eigenvalue weighted by Gasteiger charge is -2.09. The summed E-state index contributed by atoms with van der Waals surface area (Å²) in [6.45, 7) is 2.06. The number of hydrogen-bond donors (Lipinski definition) is 2. The molecule has 2 aromatic carbocycles. The van der Waals surface area contributed by atoms with Crippen LogP contribution in [-0.2, 0) is 14.3 Å². The van der Waals surface area contributed by atoms with E-state index >= 15 is 0 Å². The minimum absolute atomic E-state index is 0.0415. The second kappa shape index (κ2) is 11.4. The van der Waals surface area contributed by atoms with Gasteiger partial charge in [0.15, 0.2) is 12.4 Å². The van der Waals surface area contributed by atoms with Crippen LogP contribution in [-0.4, -0.2) is 36.8 Å². The Hall–Kier alpha value is -3.68. The molecule has 0 atom stereocenters. The van der Waals surface area contributed by atoms with E-state index in [9.17, 15) is 19.2 Å². The minimum atomic E-state index is -0.689. The minimum Gasteiger partial charge on any atom is -0.494 e. The molecule has 0 fully saturated rings. The number of esters is 1. The van der Waals surface area contributed by atoms with E-state index in [0.29, 0.717) is 17.9 Å². The topological polar surface area (TPSA) is 125 Å². The Balaban J connectivity index is 1.76. The van der Waals surface area contributed by atoms with Gasteiger partial charge >= 0.3 is 5.97 Å². The van der Waals surface area contributed by atoms with E-state index in [4.69, 9.17) is 15.2 Å². The first kappa shape index (κ1) is 22.6. The fraction of sp³-hybridized carbons (Fsp3) is 0.273. The van der Waals surface area contributed by atoms with Crippen LogP contribution in [0.3, 0.4) is 0 Å². The molecule has 0 unspecified atom stereocenters. The maximum atomic E-state index is 12.2. The highest BCUT2D eigenvalue weighted by Crippen LogP contribution is 2.15. The van der Waals surface area contributed by atoms with Gasteiger partial charge in [0.1, 0.15) is 5.75 Å². The van der Waals surface area contributed by atoms with Crippen molar-refractivity contribution in [3.63, 3.8) is 0 Å². The number of amides is 2. The number of benzene rings is 2. The summed E-state index contributed by atoms with van der Waals surface area (Å²) in [5.74, 6) is -1.52. The van der Waals surface area contributed by atoms with Crippen molar-refractivity contribution < 1.29 is 28.7 Å². The average molecular weight is 412 g/mol. The Morgan fingerprint density at radius 3 is 2.33 bits per heavy atom. The van der Waals surface area contributed by atoms with Gasteiger partial charge in [-0.3, -0.25) is 19.2 Å². The molecule has 30 heavy (non-hydrogen) atoms. The van der Waals surface area contributed by atoms with E-state index in [1.807, 2.05) is 6.92 Å². The van der Waals surface area contributed by atoms with Crippen molar-refractivity contribution in [1.82, 2.24) is 0 Å². The normalized spacial score (nSPS) is 10.2. The van der Waals surface area contributed by atoms with E-state index < -0.39 is 24.4 Å². The fourth-order valence-corrected chi connectivity index (χ4v) is 2.53. The summed E-state index contributed by atoms with van der Waals surface area (Å²) in [4.78, 5) is 47.3. The van der Waals surface area contributed by atoms with Gasteiger partial charge < -0.3 is 20.5 Å². The molecule has 3 N–H and O–H groups in total. The van der Waals surface area contributed by atoms with Crippen LogP contribution in [0.4, 0.5) is 5.69 Å². The first-order valence-electron chi connectivity index (χ1n) is 9.51. The molecule has 8 heteroatoms. The summed E-state index contributed by atoms with van der Waals surface area (Å²) < 4.78 is 10.3. The van der Waals surface area contributed by atoms with Crippen molar-refractivity contribution >= 4 is 29.3 Å². The summed E-state index contributed by atoms with van der Waals surface area (Å²) in [5.41, 5.74) is 6.09. The zero-order valence-electron chi connectivity index (χ0n) is 16.7. The third kappa shape index (κ3) is 7.05. The smallest absolute Gasteiger partial charge is 0.306 e.